The number of fused-ring (bicyclic) bond motifs is 1. The zero-order valence-corrected chi connectivity index (χ0v) is 20.9. The van der Waals surface area contributed by atoms with Gasteiger partial charge in [0, 0.05) is 17.1 Å². The van der Waals surface area contributed by atoms with Crippen LogP contribution in [0.15, 0.2) is 40.8 Å². The molecule has 0 bridgehead atoms. The van der Waals surface area contributed by atoms with Crippen LogP contribution in [0.2, 0.25) is 5.02 Å². The molecule has 2 aliphatic rings. The molecule has 3 unspecified atom stereocenters. The summed E-state index contributed by atoms with van der Waals surface area (Å²) in [6, 6.07) is 9.51. The number of nitrogens with zero attached hydrogens (tertiary/aromatic N) is 2. The molecule has 36 heavy (non-hydrogen) atoms. The normalized spacial score (nSPS) is 24.9. The molecule has 1 aromatic heterocycles. The molecule has 5 rings (SSSR count). The van der Waals surface area contributed by atoms with Crippen LogP contribution < -0.4 is 10.1 Å². The quantitative estimate of drug-likeness (QED) is 0.472. The smallest absolute Gasteiger partial charge is 0.296 e. The van der Waals surface area contributed by atoms with Crippen molar-refractivity contribution in [2.24, 2.45) is 5.92 Å². The average Bonchev–Trinajstić information content (AvgIpc) is 3.27. The average molecular weight is 518 g/mol. The lowest BCUT2D eigenvalue weighted by atomic mass is 9.76. The Kier molecular flexibility index (Phi) is 7.05. The van der Waals surface area contributed by atoms with Gasteiger partial charge in [-0.2, -0.15) is 4.98 Å². The molecule has 8 nitrogen and oxygen atoms in total. The van der Waals surface area contributed by atoms with Crippen molar-refractivity contribution in [2.45, 2.75) is 44.1 Å². The lowest BCUT2D eigenvalue weighted by Crippen LogP contribution is -2.57. The Balaban J connectivity index is 1.43. The minimum Gasteiger partial charge on any atom is -0.493 e. The fourth-order valence-electron chi connectivity index (χ4n) is 4.97. The maximum Gasteiger partial charge on any atom is 0.296 e. The van der Waals surface area contributed by atoms with E-state index in [0.29, 0.717) is 59.0 Å². The van der Waals surface area contributed by atoms with Crippen molar-refractivity contribution in [3.63, 3.8) is 0 Å². The molecular weight excluding hydrogens is 489 g/mol. The van der Waals surface area contributed by atoms with Crippen molar-refractivity contribution >= 4 is 34.6 Å². The number of rotatable bonds is 7. The van der Waals surface area contributed by atoms with Gasteiger partial charge in [-0.1, -0.05) is 23.7 Å². The lowest BCUT2D eigenvalue weighted by Gasteiger charge is -2.47. The van der Waals surface area contributed by atoms with Crippen molar-refractivity contribution in [3.8, 4) is 5.75 Å². The minimum absolute atomic E-state index is 0.0900. The highest BCUT2D eigenvalue weighted by atomic mass is 35.5. The number of morpholine rings is 1. The number of aliphatic hydroxyl groups is 1. The van der Waals surface area contributed by atoms with E-state index in [2.05, 4.69) is 10.3 Å². The third kappa shape index (κ3) is 4.87. The van der Waals surface area contributed by atoms with E-state index < -0.39 is 12.7 Å². The molecule has 3 atom stereocenters. The van der Waals surface area contributed by atoms with Gasteiger partial charge in [0.05, 0.1) is 38.0 Å². The van der Waals surface area contributed by atoms with Gasteiger partial charge in [0.25, 0.3) is 11.9 Å². The number of aromatic nitrogens is 1. The number of amides is 1. The number of carbonyl (C=O) groups excluding carboxylic acids is 1. The summed E-state index contributed by atoms with van der Waals surface area (Å²) >= 11 is 6.06. The molecule has 3 aromatic rings. The summed E-state index contributed by atoms with van der Waals surface area (Å²) < 4.78 is 31.0. The number of oxazole rings is 1. The van der Waals surface area contributed by atoms with Crippen LogP contribution in [0.1, 0.15) is 41.7 Å². The van der Waals surface area contributed by atoms with Crippen LogP contribution in [0.5, 0.6) is 5.75 Å². The first-order valence-electron chi connectivity index (χ1n) is 12.0. The lowest BCUT2D eigenvalue weighted by molar-refractivity contribution is -0.0894. The molecule has 1 saturated carbocycles. The molecule has 2 N–H and O–H groups in total. The largest absolute Gasteiger partial charge is 0.493 e. The van der Waals surface area contributed by atoms with E-state index in [0.717, 1.165) is 0 Å². The van der Waals surface area contributed by atoms with Gasteiger partial charge in [-0.3, -0.25) is 4.79 Å². The second-order valence-electron chi connectivity index (χ2n) is 9.51. The number of nitrogens with one attached hydrogen (secondary N) is 1. The highest BCUT2D eigenvalue weighted by molar-refractivity contribution is 6.30. The van der Waals surface area contributed by atoms with Crippen LogP contribution in [0.3, 0.4) is 0 Å². The number of hydrogen-bond acceptors (Lipinski definition) is 7. The molecule has 2 heterocycles. The molecule has 10 heteroatoms. The molecule has 0 spiro atoms. The predicted octanol–water partition coefficient (Wildman–Crippen LogP) is 4.61. The van der Waals surface area contributed by atoms with Gasteiger partial charge in [-0.25, -0.2) is 4.39 Å². The summed E-state index contributed by atoms with van der Waals surface area (Å²) in [5, 5.41) is 13.3. The molecule has 0 radical (unpaired) electrons. The van der Waals surface area contributed by atoms with Crippen molar-refractivity contribution in [2.75, 3.05) is 32.3 Å². The van der Waals surface area contributed by atoms with E-state index in [1.165, 1.54) is 7.11 Å². The van der Waals surface area contributed by atoms with Crippen molar-refractivity contribution < 1.29 is 28.2 Å². The first-order chi connectivity index (χ1) is 17.4. The van der Waals surface area contributed by atoms with Crippen LogP contribution in [-0.4, -0.2) is 66.1 Å². The molecule has 192 valence electrons. The summed E-state index contributed by atoms with van der Waals surface area (Å²) in [4.78, 5) is 20.0. The third-order valence-electron chi connectivity index (χ3n) is 6.99. The maximum absolute atomic E-state index is 13.9. The van der Waals surface area contributed by atoms with Gasteiger partial charge < -0.3 is 29.2 Å². The molecule has 1 amide bonds. The summed E-state index contributed by atoms with van der Waals surface area (Å²) in [6.45, 7) is 2.13. The van der Waals surface area contributed by atoms with Gasteiger partial charge in [0.1, 0.15) is 12.2 Å². The second kappa shape index (κ2) is 10.2. The van der Waals surface area contributed by atoms with Gasteiger partial charge in [-0.05, 0) is 55.5 Å². The first kappa shape index (κ1) is 24.8. The van der Waals surface area contributed by atoms with E-state index in [4.69, 9.17) is 25.5 Å². The second-order valence-corrected chi connectivity index (χ2v) is 9.94. The van der Waals surface area contributed by atoms with E-state index in [-0.39, 0.29) is 36.1 Å². The topological polar surface area (TPSA) is 97.1 Å². The number of hydrogen-bond donors (Lipinski definition) is 2. The number of halogens is 2. The third-order valence-corrected chi connectivity index (χ3v) is 7.22. The summed E-state index contributed by atoms with van der Waals surface area (Å²) in [6.07, 6.45) is 0.918. The van der Waals surface area contributed by atoms with Crippen LogP contribution in [-0.2, 0) is 4.74 Å². The Hall–Kier alpha value is -2.88. The Bertz CT molecular complexity index is 1250. The fraction of sp³-hybridized carbons (Fsp3) is 0.462. The number of aliphatic hydroxyl groups excluding tert-OH is 1. The van der Waals surface area contributed by atoms with Crippen molar-refractivity contribution in [1.29, 1.82) is 0 Å². The Labute approximate surface area is 213 Å². The molecule has 2 fully saturated rings. The van der Waals surface area contributed by atoms with E-state index in [9.17, 15) is 14.3 Å². The highest BCUT2D eigenvalue weighted by Gasteiger charge is 2.42. The standard InChI is InChI=1S/C26H29ClFN3O5/c1-14-12-31(22(13-35-14)16-7-19(32)8-16)25(33)17-9-20-24(23(10-17)34-2)36-26(29-20)30-21(11-28)15-4-3-5-18(27)6-15/h3-6,9-10,14,16,19,21-22,32H,7-8,11-13H2,1-2H3,(H,29,30). The van der Waals surface area contributed by atoms with Gasteiger partial charge in [0.15, 0.2) is 11.3 Å². The Morgan fingerprint density at radius 3 is 2.86 bits per heavy atom. The number of alkyl halides is 1. The van der Waals surface area contributed by atoms with Crippen LogP contribution in [0.4, 0.5) is 10.4 Å². The molecule has 1 aliphatic carbocycles. The predicted molar refractivity (Wildman–Crippen MR) is 133 cm³/mol. The Morgan fingerprint density at radius 1 is 1.36 bits per heavy atom. The fourth-order valence-corrected chi connectivity index (χ4v) is 5.17. The zero-order valence-electron chi connectivity index (χ0n) is 20.1. The first-order valence-corrected chi connectivity index (χ1v) is 12.4. The molecular formula is C26H29ClFN3O5. The van der Waals surface area contributed by atoms with Crippen LogP contribution in [0, 0.1) is 5.92 Å². The Morgan fingerprint density at radius 2 is 2.17 bits per heavy atom. The number of methoxy groups -OCH3 is 1. The summed E-state index contributed by atoms with van der Waals surface area (Å²) in [7, 11) is 1.49. The van der Waals surface area contributed by atoms with E-state index >= 15 is 0 Å². The zero-order chi connectivity index (χ0) is 25.4. The monoisotopic (exact) mass is 517 g/mol. The summed E-state index contributed by atoms with van der Waals surface area (Å²) in [5.41, 5.74) is 1.84. The minimum atomic E-state index is -0.711. The number of carbonyl (C=O) groups is 1. The number of benzene rings is 2. The van der Waals surface area contributed by atoms with Crippen LogP contribution in [0.25, 0.3) is 11.1 Å². The van der Waals surface area contributed by atoms with Crippen LogP contribution >= 0.6 is 11.6 Å². The number of ether oxygens (including phenoxy) is 2. The molecule has 1 saturated heterocycles. The van der Waals surface area contributed by atoms with Crippen molar-refractivity contribution in [1.82, 2.24) is 9.88 Å². The molecule has 1 aliphatic heterocycles. The maximum atomic E-state index is 13.9. The van der Waals surface area contributed by atoms with Gasteiger partial charge >= 0.3 is 0 Å². The van der Waals surface area contributed by atoms with Crippen molar-refractivity contribution in [3.05, 3.63) is 52.5 Å². The van der Waals surface area contributed by atoms with Gasteiger partial charge in [-0.15, -0.1) is 0 Å². The van der Waals surface area contributed by atoms with E-state index in [1.807, 2.05) is 11.8 Å². The SMILES string of the molecule is COc1cc(C(=O)N2CC(C)OCC2C2CC(O)C2)cc2nc(NC(CF)c3cccc(Cl)c3)oc12. The number of anilines is 1. The molecule has 2 aromatic carbocycles. The summed E-state index contributed by atoms with van der Waals surface area (Å²) in [5.74, 6) is 0.400. The van der Waals surface area contributed by atoms with E-state index in [1.54, 1.807) is 36.4 Å². The van der Waals surface area contributed by atoms with Gasteiger partial charge in [0.2, 0.25) is 0 Å². The highest BCUT2D eigenvalue weighted by Crippen LogP contribution is 2.37.